The van der Waals surface area contributed by atoms with Crippen LogP contribution in [0, 0.1) is 12.7 Å². The molecule has 0 bridgehead atoms. The fourth-order valence-corrected chi connectivity index (χ4v) is 3.61. The van der Waals surface area contributed by atoms with E-state index in [1.165, 1.54) is 17.0 Å². The van der Waals surface area contributed by atoms with Crippen LogP contribution in [0.15, 0.2) is 83.7 Å². The Morgan fingerprint density at radius 3 is 2.53 bits per heavy atom. The van der Waals surface area contributed by atoms with E-state index in [0.717, 1.165) is 22.0 Å². The maximum atomic E-state index is 14.1. The fraction of sp³-hybridized carbons (Fsp3) is 0.154. The number of hydrogen-bond acceptors (Lipinski definition) is 2. The van der Waals surface area contributed by atoms with Crippen LogP contribution in [0.3, 0.4) is 0 Å². The molecule has 1 aromatic heterocycles. The number of hydrogen-bond donors (Lipinski definition) is 2. The van der Waals surface area contributed by atoms with Crippen molar-refractivity contribution in [2.24, 2.45) is 0 Å². The zero-order valence-corrected chi connectivity index (χ0v) is 17.8. The minimum atomic E-state index is -0.511. The average Bonchev–Trinajstić information content (AvgIpc) is 2.79. The van der Waals surface area contributed by atoms with Crippen molar-refractivity contribution in [3.8, 4) is 0 Å². The number of aryl methyl sites for hydroxylation is 1. The fourth-order valence-electron chi connectivity index (χ4n) is 3.61. The standard InChI is InChI=1S/C26H24FN3O2/c1-18-11-12-23-20(15-18)16-21(25(31)28-23)17-30(14-13-19-7-3-2-4-8-19)26(32)29-24-10-6-5-9-22(24)27/h2-12,15-16H,13-14,17H2,1H3,(H,28,31)(H,29,32). The van der Waals surface area contributed by atoms with Gasteiger partial charge in [-0.1, -0.05) is 54.1 Å². The van der Waals surface area contributed by atoms with Gasteiger partial charge in [0.2, 0.25) is 0 Å². The van der Waals surface area contributed by atoms with E-state index in [-0.39, 0.29) is 17.8 Å². The average molecular weight is 429 g/mol. The molecule has 0 radical (unpaired) electrons. The monoisotopic (exact) mass is 429 g/mol. The van der Waals surface area contributed by atoms with Crippen molar-refractivity contribution in [3.63, 3.8) is 0 Å². The Bertz CT molecular complexity index is 1300. The zero-order chi connectivity index (χ0) is 22.5. The second-order valence-corrected chi connectivity index (χ2v) is 7.78. The number of pyridine rings is 1. The predicted molar refractivity (Wildman–Crippen MR) is 125 cm³/mol. The number of anilines is 1. The zero-order valence-electron chi connectivity index (χ0n) is 17.8. The van der Waals surface area contributed by atoms with Crippen LogP contribution in [0.1, 0.15) is 16.7 Å². The van der Waals surface area contributed by atoms with E-state index in [2.05, 4.69) is 10.3 Å². The van der Waals surface area contributed by atoms with Gasteiger partial charge < -0.3 is 15.2 Å². The minimum absolute atomic E-state index is 0.102. The van der Waals surface area contributed by atoms with E-state index >= 15 is 0 Å². The normalized spacial score (nSPS) is 10.8. The van der Waals surface area contributed by atoms with Gasteiger partial charge in [-0.05, 0) is 54.6 Å². The number of halogens is 1. The largest absolute Gasteiger partial charge is 0.322 e. The van der Waals surface area contributed by atoms with Gasteiger partial charge in [-0.25, -0.2) is 9.18 Å². The highest BCUT2D eigenvalue weighted by molar-refractivity contribution is 5.89. The summed E-state index contributed by atoms with van der Waals surface area (Å²) in [4.78, 5) is 30.2. The third-order valence-corrected chi connectivity index (χ3v) is 5.35. The van der Waals surface area contributed by atoms with Crippen molar-refractivity contribution < 1.29 is 9.18 Å². The smallest absolute Gasteiger partial charge is 0.322 e. The molecule has 0 spiro atoms. The number of nitrogens with zero attached hydrogens (tertiary/aromatic N) is 1. The molecule has 32 heavy (non-hydrogen) atoms. The Morgan fingerprint density at radius 1 is 1.00 bits per heavy atom. The molecule has 5 nitrogen and oxygen atoms in total. The van der Waals surface area contributed by atoms with Crippen molar-refractivity contribution >= 4 is 22.6 Å². The van der Waals surface area contributed by atoms with E-state index in [0.29, 0.717) is 18.5 Å². The number of aromatic nitrogens is 1. The summed E-state index contributed by atoms with van der Waals surface area (Å²) < 4.78 is 14.1. The van der Waals surface area contributed by atoms with E-state index in [4.69, 9.17) is 0 Å². The van der Waals surface area contributed by atoms with Crippen molar-refractivity contribution in [1.29, 1.82) is 0 Å². The van der Waals surface area contributed by atoms with Crippen LogP contribution in [0.2, 0.25) is 0 Å². The number of rotatable bonds is 6. The highest BCUT2D eigenvalue weighted by atomic mass is 19.1. The molecule has 0 aliphatic rings. The second kappa shape index (κ2) is 9.47. The molecule has 0 fully saturated rings. The molecule has 2 amide bonds. The Morgan fingerprint density at radius 2 is 1.75 bits per heavy atom. The molecule has 4 aromatic rings. The van der Waals surface area contributed by atoms with Gasteiger partial charge in [0.1, 0.15) is 5.82 Å². The predicted octanol–water partition coefficient (Wildman–Crippen LogP) is 5.25. The number of benzene rings is 3. The van der Waals surface area contributed by atoms with Crippen LogP contribution in [-0.4, -0.2) is 22.5 Å². The van der Waals surface area contributed by atoms with E-state index in [9.17, 15) is 14.0 Å². The molecule has 0 atom stereocenters. The summed E-state index contributed by atoms with van der Waals surface area (Å²) in [5.74, 6) is -0.511. The summed E-state index contributed by atoms with van der Waals surface area (Å²) >= 11 is 0. The molecule has 0 aliphatic heterocycles. The number of aromatic amines is 1. The first kappa shape index (κ1) is 21.3. The van der Waals surface area contributed by atoms with Crippen LogP contribution >= 0.6 is 0 Å². The van der Waals surface area contributed by atoms with Crippen LogP contribution < -0.4 is 10.9 Å². The van der Waals surface area contributed by atoms with Gasteiger partial charge in [-0.15, -0.1) is 0 Å². The van der Waals surface area contributed by atoms with Crippen molar-refractivity contribution in [2.45, 2.75) is 19.9 Å². The third kappa shape index (κ3) is 5.03. The maximum Gasteiger partial charge on any atom is 0.322 e. The lowest BCUT2D eigenvalue weighted by Crippen LogP contribution is -2.37. The Labute approximate surface area is 185 Å². The Kier molecular flexibility index (Phi) is 6.31. The van der Waals surface area contributed by atoms with Gasteiger partial charge in [0.05, 0.1) is 12.2 Å². The number of fused-ring (bicyclic) bond motifs is 1. The van der Waals surface area contributed by atoms with Crippen LogP contribution in [-0.2, 0) is 13.0 Å². The summed E-state index contributed by atoms with van der Waals surface area (Å²) in [5.41, 5.74) is 3.22. The first-order chi connectivity index (χ1) is 15.5. The summed E-state index contributed by atoms with van der Waals surface area (Å²) in [5, 5.41) is 3.53. The summed E-state index contributed by atoms with van der Waals surface area (Å²) in [7, 11) is 0. The van der Waals surface area contributed by atoms with Gasteiger partial charge in [-0.2, -0.15) is 0 Å². The highest BCUT2D eigenvalue weighted by Crippen LogP contribution is 2.17. The van der Waals surface area contributed by atoms with Gasteiger partial charge in [0.25, 0.3) is 5.56 Å². The van der Waals surface area contributed by atoms with Crippen LogP contribution in [0.4, 0.5) is 14.9 Å². The summed E-state index contributed by atoms with van der Waals surface area (Å²) in [6, 6.07) is 22.9. The van der Waals surface area contributed by atoms with Gasteiger partial charge >= 0.3 is 6.03 Å². The molecule has 6 heteroatoms. The van der Waals surface area contributed by atoms with Crippen LogP contribution in [0.5, 0.6) is 0 Å². The van der Waals surface area contributed by atoms with E-state index < -0.39 is 11.8 Å². The number of nitrogens with one attached hydrogen (secondary N) is 2. The molecule has 0 aliphatic carbocycles. The van der Waals surface area contributed by atoms with Gasteiger partial charge in [-0.3, -0.25) is 4.79 Å². The number of carbonyl (C=O) groups is 1. The number of amides is 2. The first-order valence-electron chi connectivity index (χ1n) is 10.5. The molecule has 3 aromatic carbocycles. The summed E-state index contributed by atoms with van der Waals surface area (Å²) in [6.45, 7) is 2.46. The molecule has 162 valence electrons. The minimum Gasteiger partial charge on any atom is -0.322 e. The Balaban J connectivity index is 1.61. The van der Waals surface area contributed by atoms with E-state index in [1.54, 1.807) is 12.1 Å². The number of carbonyl (C=O) groups excluding carboxylic acids is 1. The third-order valence-electron chi connectivity index (χ3n) is 5.35. The molecular weight excluding hydrogens is 405 g/mol. The SMILES string of the molecule is Cc1ccc2[nH]c(=O)c(CN(CCc3ccccc3)C(=O)Nc3ccccc3F)cc2c1. The molecule has 2 N–H and O–H groups in total. The van der Waals surface area contributed by atoms with Gasteiger partial charge in [0.15, 0.2) is 0 Å². The lowest BCUT2D eigenvalue weighted by molar-refractivity contribution is 0.209. The highest BCUT2D eigenvalue weighted by Gasteiger charge is 2.18. The van der Waals surface area contributed by atoms with Gasteiger partial charge in [0, 0.05) is 17.6 Å². The maximum absolute atomic E-state index is 14.1. The van der Waals surface area contributed by atoms with Crippen LogP contribution in [0.25, 0.3) is 10.9 Å². The van der Waals surface area contributed by atoms with Crippen molar-refractivity contribution in [1.82, 2.24) is 9.88 Å². The quantitative estimate of drug-likeness (QED) is 0.440. The molecule has 4 rings (SSSR count). The molecule has 1 heterocycles. The molecule has 0 saturated heterocycles. The lowest BCUT2D eigenvalue weighted by Gasteiger charge is -2.23. The van der Waals surface area contributed by atoms with Crippen molar-refractivity contribution in [2.75, 3.05) is 11.9 Å². The molecular formula is C26H24FN3O2. The number of para-hydroxylation sites is 1. The number of urea groups is 1. The number of H-pyrrole nitrogens is 1. The lowest BCUT2D eigenvalue weighted by atomic mass is 10.1. The second-order valence-electron chi connectivity index (χ2n) is 7.78. The Hall–Kier alpha value is -3.93. The first-order valence-corrected chi connectivity index (χ1v) is 10.5. The van der Waals surface area contributed by atoms with Crippen molar-refractivity contribution in [3.05, 3.63) is 112 Å². The van der Waals surface area contributed by atoms with E-state index in [1.807, 2.05) is 61.5 Å². The topological polar surface area (TPSA) is 65.2 Å². The molecule has 0 unspecified atom stereocenters. The molecule has 0 saturated carbocycles. The summed E-state index contributed by atoms with van der Waals surface area (Å²) in [6.07, 6.45) is 0.607.